The van der Waals surface area contributed by atoms with Crippen LogP contribution in [0.2, 0.25) is 0 Å². The molecule has 0 saturated heterocycles. The highest BCUT2D eigenvalue weighted by Crippen LogP contribution is 2.26. The third-order valence-corrected chi connectivity index (χ3v) is 3.93. The van der Waals surface area contributed by atoms with Gasteiger partial charge in [0.15, 0.2) is 0 Å². The average Bonchev–Trinajstić information content (AvgIpc) is 2.81. The SMILES string of the molecule is CC(CO)C(C)NC(=O)C1Cc2ccccc2C1. The van der Waals surface area contributed by atoms with Crippen molar-refractivity contribution in [3.05, 3.63) is 35.4 Å². The van der Waals surface area contributed by atoms with Crippen LogP contribution in [0.25, 0.3) is 0 Å². The van der Waals surface area contributed by atoms with Crippen LogP contribution in [0, 0.1) is 11.8 Å². The van der Waals surface area contributed by atoms with E-state index in [9.17, 15) is 4.79 Å². The van der Waals surface area contributed by atoms with E-state index in [2.05, 4.69) is 17.4 Å². The van der Waals surface area contributed by atoms with Crippen LogP contribution >= 0.6 is 0 Å². The van der Waals surface area contributed by atoms with Crippen molar-refractivity contribution in [1.82, 2.24) is 5.32 Å². The maximum Gasteiger partial charge on any atom is 0.223 e. The Bertz CT molecular complexity index is 405. The van der Waals surface area contributed by atoms with E-state index in [-0.39, 0.29) is 30.4 Å². The van der Waals surface area contributed by atoms with Crippen molar-refractivity contribution in [3.8, 4) is 0 Å². The number of benzene rings is 1. The van der Waals surface area contributed by atoms with Gasteiger partial charge < -0.3 is 10.4 Å². The summed E-state index contributed by atoms with van der Waals surface area (Å²) in [6.45, 7) is 3.99. The van der Waals surface area contributed by atoms with Gasteiger partial charge >= 0.3 is 0 Å². The van der Waals surface area contributed by atoms with Crippen molar-refractivity contribution in [1.29, 1.82) is 0 Å². The second-order valence-corrected chi connectivity index (χ2v) is 5.33. The Kier molecular flexibility index (Phi) is 4.02. The molecule has 1 aromatic carbocycles. The molecule has 1 amide bonds. The van der Waals surface area contributed by atoms with Gasteiger partial charge in [0, 0.05) is 18.6 Å². The molecular weight excluding hydrogens is 226 g/mol. The van der Waals surface area contributed by atoms with Crippen LogP contribution in [0.4, 0.5) is 0 Å². The molecule has 3 heteroatoms. The van der Waals surface area contributed by atoms with Gasteiger partial charge in [-0.05, 0) is 36.8 Å². The van der Waals surface area contributed by atoms with E-state index in [1.807, 2.05) is 26.0 Å². The molecular formula is C15H21NO2. The van der Waals surface area contributed by atoms with Crippen LogP contribution in [-0.4, -0.2) is 23.7 Å². The number of aliphatic hydroxyl groups is 1. The van der Waals surface area contributed by atoms with Crippen molar-refractivity contribution in [2.45, 2.75) is 32.7 Å². The van der Waals surface area contributed by atoms with Crippen molar-refractivity contribution in [3.63, 3.8) is 0 Å². The lowest BCUT2D eigenvalue weighted by Crippen LogP contribution is -2.41. The zero-order valence-corrected chi connectivity index (χ0v) is 11.0. The highest BCUT2D eigenvalue weighted by molar-refractivity contribution is 5.80. The maximum absolute atomic E-state index is 12.2. The second-order valence-electron chi connectivity index (χ2n) is 5.33. The number of nitrogens with one attached hydrogen (secondary N) is 1. The van der Waals surface area contributed by atoms with Gasteiger partial charge in [0.05, 0.1) is 0 Å². The quantitative estimate of drug-likeness (QED) is 0.848. The highest BCUT2D eigenvalue weighted by Gasteiger charge is 2.28. The molecule has 0 saturated carbocycles. The third-order valence-electron chi connectivity index (χ3n) is 3.93. The third kappa shape index (κ3) is 2.72. The van der Waals surface area contributed by atoms with Gasteiger partial charge in [0.25, 0.3) is 0 Å². The summed E-state index contributed by atoms with van der Waals surface area (Å²) in [6.07, 6.45) is 1.67. The van der Waals surface area contributed by atoms with Crippen LogP contribution in [-0.2, 0) is 17.6 Å². The fourth-order valence-electron chi connectivity index (χ4n) is 2.39. The van der Waals surface area contributed by atoms with Gasteiger partial charge in [0.2, 0.25) is 5.91 Å². The van der Waals surface area contributed by atoms with Crippen molar-refractivity contribution in [2.24, 2.45) is 11.8 Å². The molecule has 0 bridgehead atoms. The highest BCUT2D eigenvalue weighted by atomic mass is 16.3. The number of carbonyl (C=O) groups is 1. The number of amides is 1. The zero-order valence-electron chi connectivity index (χ0n) is 11.0. The minimum absolute atomic E-state index is 0.0196. The molecule has 2 rings (SSSR count). The van der Waals surface area contributed by atoms with E-state index in [4.69, 9.17) is 5.11 Å². The van der Waals surface area contributed by atoms with E-state index in [0.717, 1.165) is 12.8 Å². The lowest BCUT2D eigenvalue weighted by atomic mass is 10.0. The molecule has 2 atom stereocenters. The molecule has 0 aromatic heterocycles. The van der Waals surface area contributed by atoms with Gasteiger partial charge in [0.1, 0.15) is 0 Å². The van der Waals surface area contributed by atoms with E-state index in [1.54, 1.807) is 0 Å². The van der Waals surface area contributed by atoms with Crippen LogP contribution in [0.1, 0.15) is 25.0 Å². The monoisotopic (exact) mass is 247 g/mol. The fourth-order valence-corrected chi connectivity index (χ4v) is 2.39. The van der Waals surface area contributed by atoms with Crippen LogP contribution in [0.15, 0.2) is 24.3 Å². The van der Waals surface area contributed by atoms with Crippen LogP contribution < -0.4 is 5.32 Å². The maximum atomic E-state index is 12.2. The minimum atomic E-state index is 0.0196. The van der Waals surface area contributed by atoms with Gasteiger partial charge in [-0.2, -0.15) is 0 Å². The molecule has 0 radical (unpaired) electrons. The summed E-state index contributed by atoms with van der Waals surface area (Å²) in [4.78, 5) is 12.2. The van der Waals surface area contributed by atoms with E-state index in [0.29, 0.717) is 0 Å². The number of aliphatic hydroxyl groups excluding tert-OH is 1. The Morgan fingerprint density at radius 2 is 1.89 bits per heavy atom. The van der Waals surface area contributed by atoms with Crippen molar-refractivity contribution >= 4 is 5.91 Å². The summed E-state index contributed by atoms with van der Waals surface area (Å²) in [7, 11) is 0. The smallest absolute Gasteiger partial charge is 0.223 e. The van der Waals surface area contributed by atoms with Crippen molar-refractivity contribution in [2.75, 3.05) is 6.61 Å². The number of fused-ring (bicyclic) bond motifs is 1. The molecule has 0 heterocycles. The molecule has 0 spiro atoms. The first-order valence-electron chi connectivity index (χ1n) is 6.59. The molecule has 2 N–H and O–H groups in total. The standard InChI is InChI=1S/C15H21NO2/c1-10(9-17)11(2)16-15(18)14-7-12-5-3-4-6-13(12)8-14/h3-6,10-11,14,17H,7-9H2,1-2H3,(H,16,18). The predicted octanol–water partition coefficient (Wildman–Crippen LogP) is 1.53. The molecule has 1 aliphatic rings. The number of carbonyl (C=O) groups excluding carboxylic acids is 1. The first kappa shape index (κ1) is 13.1. The zero-order chi connectivity index (χ0) is 13.1. The molecule has 0 aliphatic heterocycles. The van der Waals surface area contributed by atoms with Gasteiger partial charge in [-0.1, -0.05) is 31.2 Å². The average molecular weight is 247 g/mol. The second kappa shape index (κ2) is 5.53. The Balaban J connectivity index is 1.93. The first-order valence-corrected chi connectivity index (χ1v) is 6.59. The minimum Gasteiger partial charge on any atom is -0.396 e. The Hall–Kier alpha value is -1.35. The Morgan fingerprint density at radius 1 is 1.33 bits per heavy atom. The number of hydrogen-bond acceptors (Lipinski definition) is 2. The summed E-state index contributed by atoms with van der Waals surface area (Å²) < 4.78 is 0. The lowest BCUT2D eigenvalue weighted by Gasteiger charge is -2.21. The van der Waals surface area contributed by atoms with E-state index < -0.39 is 0 Å². The van der Waals surface area contributed by atoms with Crippen LogP contribution in [0.3, 0.4) is 0 Å². The molecule has 18 heavy (non-hydrogen) atoms. The lowest BCUT2D eigenvalue weighted by molar-refractivity contribution is -0.125. The Labute approximate surface area is 108 Å². The number of rotatable bonds is 4. The fraction of sp³-hybridized carbons (Fsp3) is 0.533. The topological polar surface area (TPSA) is 49.3 Å². The summed E-state index contributed by atoms with van der Waals surface area (Å²) in [6, 6.07) is 8.27. The number of hydrogen-bond donors (Lipinski definition) is 2. The largest absolute Gasteiger partial charge is 0.396 e. The molecule has 98 valence electrons. The summed E-state index contributed by atoms with van der Waals surface area (Å²) in [5.41, 5.74) is 2.58. The normalized spacial score (nSPS) is 18.2. The molecule has 1 aromatic rings. The van der Waals surface area contributed by atoms with E-state index in [1.165, 1.54) is 11.1 Å². The van der Waals surface area contributed by atoms with Gasteiger partial charge in [-0.25, -0.2) is 0 Å². The van der Waals surface area contributed by atoms with Crippen molar-refractivity contribution < 1.29 is 9.90 Å². The van der Waals surface area contributed by atoms with Gasteiger partial charge in [-0.3, -0.25) is 4.79 Å². The summed E-state index contributed by atoms with van der Waals surface area (Å²) in [5.74, 6) is 0.257. The van der Waals surface area contributed by atoms with Gasteiger partial charge in [-0.15, -0.1) is 0 Å². The predicted molar refractivity (Wildman–Crippen MR) is 71.2 cm³/mol. The molecule has 2 unspecified atom stereocenters. The molecule has 3 nitrogen and oxygen atoms in total. The first-order chi connectivity index (χ1) is 8.61. The summed E-state index contributed by atoms with van der Waals surface area (Å²) in [5, 5.41) is 12.1. The molecule has 0 fully saturated rings. The molecule has 1 aliphatic carbocycles. The summed E-state index contributed by atoms with van der Waals surface area (Å²) >= 11 is 0. The van der Waals surface area contributed by atoms with Crippen LogP contribution in [0.5, 0.6) is 0 Å². The Morgan fingerprint density at radius 3 is 2.39 bits per heavy atom. The van der Waals surface area contributed by atoms with E-state index >= 15 is 0 Å².